The number of hydrogen-bond donors (Lipinski definition) is 0. The number of hydrogen-bond acceptors (Lipinski definition) is 0. The zero-order chi connectivity index (χ0) is 17.9. The predicted octanol–water partition coefficient (Wildman–Crippen LogP) is 7.30. The minimum atomic E-state index is 1.25. The zero-order valence-corrected chi connectivity index (χ0v) is 15.2. The highest BCUT2D eigenvalue weighted by Gasteiger charge is 2.04. The predicted molar refractivity (Wildman–Crippen MR) is 112 cm³/mol. The molecule has 0 saturated heterocycles. The van der Waals surface area contributed by atoms with Crippen LogP contribution < -0.4 is 0 Å². The van der Waals surface area contributed by atoms with Crippen molar-refractivity contribution in [3.8, 4) is 33.4 Å². The highest BCUT2D eigenvalue weighted by molar-refractivity contribution is 5.75. The van der Waals surface area contributed by atoms with E-state index in [1.807, 2.05) is 0 Å². The Morgan fingerprint density at radius 2 is 0.962 bits per heavy atom. The fourth-order valence-corrected chi connectivity index (χ4v) is 3.36. The average molecular weight is 334 g/mol. The van der Waals surface area contributed by atoms with E-state index in [9.17, 15) is 0 Å². The lowest BCUT2D eigenvalue weighted by molar-refractivity contribution is 1.46. The van der Waals surface area contributed by atoms with Crippen molar-refractivity contribution in [2.24, 2.45) is 0 Å². The molecule has 0 aliphatic heterocycles. The van der Waals surface area contributed by atoms with Gasteiger partial charge in [0.1, 0.15) is 0 Å². The molecule has 4 aromatic carbocycles. The second kappa shape index (κ2) is 7.01. The maximum atomic E-state index is 2.27. The Bertz CT molecular complexity index is 1020. The van der Waals surface area contributed by atoms with Crippen molar-refractivity contribution in [3.05, 3.63) is 108 Å². The van der Waals surface area contributed by atoms with E-state index in [2.05, 4.69) is 111 Å². The van der Waals surface area contributed by atoms with E-state index in [0.717, 1.165) is 0 Å². The lowest BCUT2D eigenvalue weighted by atomic mass is 9.96. The lowest BCUT2D eigenvalue weighted by Gasteiger charge is -2.09. The van der Waals surface area contributed by atoms with Crippen molar-refractivity contribution < 1.29 is 0 Å². The molecule has 0 spiro atoms. The molecule has 0 saturated carbocycles. The normalized spacial score (nSPS) is 10.7. The van der Waals surface area contributed by atoms with Gasteiger partial charge < -0.3 is 0 Å². The molecule has 0 fully saturated rings. The van der Waals surface area contributed by atoms with Crippen LogP contribution in [0, 0.1) is 13.8 Å². The maximum Gasteiger partial charge on any atom is -0.0155 e. The molecule has 0 aliphatic rings. The summed E-state index contributed by atoms with van der Waals surface area (Å²) in [4.78, 5) is 0. The molecule has 0 heteroatoms. The molecular weight excluding hydrogens is 312 g/mol. The number of rotatable bonds is 3. The van der Waals surface area contributed by atoms with Crippen molar-refractivity contribution in [1.29, 1.82) is 0 Å². The van der Waals surface area contributed by atoms with Gasteiger partial charge in [-0.1, -0.05) is 96.6 Å². The first-order chi connectivity index (χ1) is 12.7. The summed E-state index contributed by atoms with van der Waals surface area (Å²) in [6.45, 7) is 4.28. The molecule has 0 aromatic heterocycles. The molecule has 0 aliphatic carbocycles. The van der Waals surface area contributed by atoms with E-state index >= 15 is 0 Å². The van der Waals surface area contributed by atoms with Crippen LogP contribution in [-0.2, 0) is 0 Å². The van der Waals surface area contributed by atoms with Gasteiger partial charge in [-0.25, -0.2) is 0 Å². The van der Waals surface area contributed by atoms with Gasteiger partial charge in [0.05, 0.1) is 0 Å². The fraction of sp³-hybridized carbons (Fsp3) is 0.0769. The number of benzene rings is 4. The van der Waals surface area contributed by atoms with Gasteiger partial charge >= 0.3 is 0 Å². The highest BCUT2D eigenvalue weighted by Crippen LogP contribution is 2.29. The molecule has 0 heterocycles. The quantitative estimate of drug-likeness (QED) is 0.368. The summed E-state index contributed by atoms with van der Waals surface area (Å²) in [5, 5.41) is 0. The van der Waals surface area contributed by atoms with E-state index in [1.165, 1.54) is 44.5 Å². The van der Waals surface area contributed by atoms with Crippen molar-refractivity contribution in [2.75, 3.05) is 0 Å². The van der Waals surface area contributed by atoms with Gasteiger partial charge in [0.15, 0.2) is 0 Å². The summed E-state index contributed by atoms with van der Waals surface area (Å²) in [5.41, 5.74) is 10.2. The smallest absolute Gasteiger partial charge is 0.0155 e. The van der Waals surface area contributed by atoms with Crippen LogP contribution in [0.4, 0.5) is 0 Å². The molecule has 0 radical (unpaired) electrons. The molecule has 4 aromatic rings. The third-order valence-corrected chi connectivity index (χ3v) is 4.92. The van der Waals surface area contributed by atoms with E-state index in [0.29, 0.717) is 0 Å². The molecule has 0 N–H and O–H groups in total. The zero-order valence-electron chi connectivity index (χ0n) is 15.2. The molecule has 4 rings (SSSR count). The van der Waals surface area contributed by atoms with E-state index < -0.39 is 0 Å². The summed E-state index contributed by atoms with van der Waals surface area (Å²) < 4.78 is 0. The summed E-state index contributed by atoms with van der Waals surface area (Å²) in [5.74, 6) is 0. The van der Waals surface area contributed by atoms with Crippen molar-refractivity contribution in [2.45, 2.75) is 13.8 Å². The van der Waals surface area contributed by atoms with Crippen LogP contribution in [0.5, 0.6) is 0 Å². The molecule has 26 heavy (non-hydrogen) atoms. The van der Waals surface area contributed by atoms with Crippen LogP contribution in [0.3, 0.4) is 0 Å². The Morgan fingerprint density at radius 3 is 1.58 bits per heavy atom. The Labute approximate surface area is 155 Å². The summed E-state index contributed by atoms with van der Waals surface area (Å²) in [7, 11) is 0. The summed E-state index contributed by atoms with van der Waals surface area (Å²) in [6, 6.07) is 34.9. The Kier molecular flexibility index (Phi) is 4.41. The Morgan fingerprint density at radius 1 is 0.423 bits per heavy atom. The molecule has 0 nitrogen and oxygen atoms in total. The van der Waals surface area contributed by atoms with Gasteiger partial charge in [0.25, 0.3) is 0 Å². The molecule has 0 unspecified atom stereocenters. The van der Waals surface area contributed by atoms with Crippen molar-refractivity contribution in [3.63, 3.8) is 0 Å². The molecular formula is C26H22. The standard InChI is InChI=1S/C26H22/c1-19-10-12-21(13-11-19)24-7-5-8-25(18-24)22-14-16-23(17-15-22)26-9-4-3-6-20(26)2/h3-18H,1-2H3. The van der Waals surface area contributed by atoms with Crippen molar-refractivity contribution >= 4 is 0 Å². The SMILES string of the molecule is Cc1ccc(-c2cccc(-c3ccc(-c4ccccc4C)cc3)c2)cc1. The van der Waals surface area contributed by atoms with Crippen LogP contribution in [0.25, 0.3) is 33.4 Å². The van der Waals surface area contributed by atoms with E-state index in [4.69, 9.17) is 0 Å². The fourth-order valence-electron chi connectivity index (χ4n) is 3.36. The topological polar surface area (TPSA) is 0 Å². The minimum absolute atomic E-state index is 1.25. The molecule has 0 amide bonds. The van der Waals surface area contributed by atoms with Gasteiger partial charge in [0.2, 0.25) is 0 Å². The van der Waals surface area contributed by atoms with Crippen LogP contribution in [0.2, 0.25) is 0 Å². The maximum absolute atomic E-state index is 2.27. The molecule has 0 atom stereocenters. The summed E-state index contributed by atoms with van der Waals surface area (Å²) in [6.07, 6.45) is 0. The van der Waals surface area contributed by atoms with Gasteiger partial charge in [-0.3, -0.25) is 0 Å². The number of aryl methyl sites for hydroxylation is 2. The third-order valence-electron chi connectivity index (χ3n) is 4.92. The Balaban J connectivity index is 1.67. The first kappa shape index (κ1) is 16.4. The van der Waals surface area contributed by atoms with E-state index in [1.54, 1.807) is 0 Å². The van der Waals surface area contributed by atoms with Crippen LogP contribution >= 0.6 is 0 Å². The Hall–Kier alpha value is -3.12. The summed E-state index contributed by atoms with van der Waals surface area (Å²) >= 11 is 0. The van der Waals surface area contributed by atoms with Gasteiger partial charge in [-0.05, 0) is 58.9 Å². The van der Waals surface area contributed by atoms with Crippen LogP contribution in [0.15, 0.2) is 97.1 Å². The van der Waals surface area contributed by atoms with E-state index in [-0.39, 0.29) is 0 Å². The van der Waals surface area contributed by atoms with Crippen LogP contribution in [0.1, 0.15) is 11.1 Å². The minimum Gasteiger partial charge on any atom is -0.0620 e. The monoisotopic (exact) mass is 334 g/mol. The molecule has 126 valence electrons. The van der Waals surface area contributed by atoms with Gasteiger partial charge in [0, 0.05) is 0 Å². The molecule has 0 bridgehead atoms. The second-order valence-corrected chi connectivity index (χ2v) is 6.84. The van der Waals surface area contributed by atoms with Crippen molar-refractivity contribution in [1.82, 2.24) is 0 Å². The van der Waals surface area contributed by atoms with Crippen LogP contribution in [-0.4, -0.2) is 0 Å². The largest absolute Gasteiger partial charge is 0.0620 e. The van der Waals surface area contributed by atoms with Gasteiger partial charge in [-0.15, -0.1) is 0 Å². The average Bonchev–Trinajstić information content (AvgIpc) is 2.69. The lowest BCUT2D eigenvalue weighted by Crippen LogP contribution is -1.84. The first-order valence-electron chi connectivity index (χ1n) is 9.04. The first-order valence-corrected chi connectivity index (χ1v) is 9.04. The third kappa shape index (κ3) is 3.32. The van der Waals surface area contributed by atoms with Gasteiger partial charge in [-0.2, -0.15) is 0 Å². The second-order valence-electron chi connectivity index (χ2n) is 6.84. The highest BCUT2D eigenvalue weighted by atomic mass is 14.1.